The average Bonchev–Trinajstić information content (AvgIpc) is 3.07. The number of rotatable bonds is 2. The predicted octanol–water partition coefficient (Wildman–Crippen LogP) is 2.21. The van der Waals surface area contributed by atoms with E-state index in [1.807, 2.05) is 18.2 Å². The molecular formula is C23H25N3O4Si. The summed E-state index contributed by atoms with van der Waals surface area (Å²) in [4.78, 5) is 30.7. The van der Waals surface area contributed by atoms with Gasteiger partial charge in [0.15, 0.2) is 5.60 Å². The lowest BCUT2D eigenvalue weighted by Gasteiger charge is -2.31. The van der Waals surface area contributed by atoms with Crippen LogP contribution in [0.2, 0.25) is 19.6 Å². The van der Waals surface area contributed by atoms with Crippen molar-refractivity contribution < 1.29 is 14.6 Å². The van der Waals surface area contributed by atoms with Gasteiger partial charge in [-0.25, -0.2) is 9.78 Å². The van der Waals surface area contributed by atoms with E-state index in [1.165, 1.54) is 5.19 Å². The molecule has 0 fully saturated rings. The number of fused-ring (bicyclic) bond motifs is 5. The summed E-state index contributed by atoms with van der Waals surface area (Å²) in [6.45, 7) is 8.79. The van der Waals surface area contributed by atoms with Gasteiger partial charge in [-0.05, 0) is 41.4 Å². The summed E-state index contributed by atoms with van der Waals surface area (Å²) in [6.07, 6.45) is 0.124. The summed E-state index contributed by atoms with van der Waals surface area (Å²) < 4.78 is 6.85. The molecule has 31 heavy (non-hydrogen) atoms. The number of ether oxygens (including phenoxy) is 1. The highest BCUT2D eigenvalue weighted by Gasteiger charge is 2.45. The number of benzene rings is 1. The van der Waals surface area contributed by atoms with Crippen molar-refractivity contribution in [1.82, 2.24) is 9.55 Å². The van der Waals surface area contributed by atoms with E-state index >= 15 is 0 Å². The number of aliphatic hydroxyl groups is 1. The lowest BCUT2D eigenvalue weighted by Crippen LogP contribution is -2.44. The van der Waals surface area contributed by atoms with Crippen LogP contribution in [-0.4, -0.2) is 28.7 Å². The maximum Gasteiger partial charge on any atom is 0.343 e. The Hall–Kier alpha value is -2.97. The molecule has 0 radical (unpaired) electrons. The summed E-state index contributed by atoms with van der Waals surface area (Å²) in [5.41, 5.74) is 8.62. The van der Waals surface area contributed by atoms with Crippen LogP contribution >= 0.6 is 0 Å². The lowest BCUT2D eigenvalue weighted by atomic mass is 9.86. The fourth-order valence-electron chi connectivity index (χ4n) is 4.95. The highest BCUT2D eigenvalue weighted by atomic mass is 28.3. The molecule has 2 aliphatic rings. The molecule has 1 atom stereocenters. The zero-order chi connectivity index (χ0) is 22.3. The fraction of sp³-hybridized carbons (Fsp3) is 0.348. The third-order valence-electron chi connectivity index (χ3n) is 6.46. The van der Waals surface area contributed by atoms with Crippen molar-refractivity contribution in [2.75, 3.05) is 5.73 Å². The molecule has 0 saturated heterocycles. The minimum absolute atomic E-state index is 0.124. The third-order valence-corrected chi connectivity index (χ3v) is 8.53. The molecule has 2 aromatic heterocycles. The molecule has 0 aliphatic carbocycles. The quantitative estimate of drug-likeness (QED) is 0.284. The average molecular weight is 436 g/mol. The van der Waals surface area contributed by atoms with Crippen LogP contribution in [0, 0.1) is 0 Å². The zero-order valence-electron chi connectivity index (χ0n) is 18.1. The van der Waals surface area contributed by atoms with Crippen LogP contribution in [0.15, 0.2) is 29.1 Å². The van der Waals surface area contributed by atoms with E-state index in [9.17, 15) is 14.7 Å². The molecule has 7 nitrogen and oxygen atoms in total. The molecule has 0 amide bonds. The summed E-state index contributed by atoms with van der Waals surface area (Å²) in [6, 6.07) is 7.47. The van der Waals surface area contributed by atoms with Crippen molar-refractivity contribution in [3.05, 3.63) is 51.3 Å². The van der Waals surface area contributed by atoms with Gasteiger partial charge < -0.3 is 20.1 Å². The summed E-state index contributed by atoms with van der Waals surface area (Å²) >= 11 is 0. The Bertz CT molecular complexity index is 1360. The Balaban J connectivity index is 1.87. The molecule has 0 spiro atoms. The van der Waals surface area contributed by atoms with E-state index in [4.69, 9.17) is 15.5 Å². The van der Waals surface area contributed by atoms with Crippen molar-refractivity contribution in [3.8, 4) is 11.4 Å². The van der Waals surface area contributed by atoms with Crippen molar-refractivity contribution >= 4 is 35.8 Å². The number of nitrogens with zero attached hydrogens (tertiary/aromatic N) is 2. The van der Waals surface area contributed by atoms with E-state index in [0.717, 1.165) is 22.2 Å². The van der Waals surface area contributed by atoms with E-state index in [2.05, 4.69) is 19.6 Å². The largest absolute Gasteiger partial charge is 0.458 e. The van der Waals surface area contributed by atoms with Gasteiger partial charge in [-0.3, -0.25) is 4.79 Å². The first-order valence-corrected chi connectivity index (χ1v) is 14.0. The molecule has 8 heteroatoms. The number of carbonyl (C=O) groups is 1. The molecule has 4 heterocycles. The third kappa shape index (κ3) is 2.64. The fourth-order valence-corrected chi connectivity index (χ4v) is 7.06. The maximum atomic E-state index is 13.4. The second-order valence-electron chi connectivity index (χ2n) is 9.44. The smallest absolute Gasteiger partial charge is 0.343 e. The Morgan fingerprint density at radius 3 is 2.65 bits per heavy atom. The molecule has 160 valence electrons. The lowest BCUT2D eigenvalue weighted by molar-refractivity contribution is -0.172. The molecule has 0 bridgehead atoms. The first kappa shape index (κ1) is 20.0. The standard InChI is InChI=1S/C23H25N3O4Si/c1-5-23(29)16-9-18-19-14(10-26(18)21(27)15(16)11-30-22(23)28)20(31(2,3)4)13-8-12(24)6-7-17(13)25-19/h6-9,29H,5,10-11,24H2,1-4H3/t23-/m1/s1. The highest BCUT2D eigenvalue weighted by molar-refractivity contribution is 6.90. The maximum absolute atomic E-state index is 13.4. The molecule has 3 aromatic rings. The monoisotopic (exact) mass is 435 g/mol. The summed E-state index contributed by atoms with van der Waals surface area (Å²) in [5, 5.41) is 13.3. The SMILES string of the molecule is CC[C@]1(O)C(=O)OCc2c1cc1n(c2=O)Cc2c-1nc1ccc(N)cc1c2[Si](C)(C)C. The van der Waals surface area contributed by atoms with Gasteiger partial charge in [0, 0.05) is 16.6 Å². The Labute approximate surface area is 180 Å². The van der Waals surface area contributed by atoms with Crippen LogP contribution in [0.25, 0.3) is 22.3 Å². The number of nitrogen functional groups attached to an aromatic ring is 1. The molecular weight excluding hydrogens is 410 g/mol. The summed E-state index contributed by atoms with van der Waals surface area (Å²) in [5.74, 6) is -0.713. The van der Waals surface area contributed by atoms with E-state index in [1.54, 1.807) is 17.6 Å². The van der Waals surface area contributed by atoms with Gasteiger partial charge in [-0.2, -0.15) is 0 Å². The van der Waals surface area contributed by atoms with Gasteiger partial charge in [-0.15, -0.1) is 0 Å². The normalized spacial score (nSPS) is 19.7. The minimum Gasteiger partial charge on any atom is -0.458 e. The van der Waals surface area contributed by atoms with Gasteiger partial charge >= 0.3 is 5.97 Å². The van der Waals surface area contributed by atoms with E-state index < -0.39 is 19.6 Å². The molecule has 2 aliphatic heterocycles. The van der Waals surface area contributed by atoms with Crippen LogP contribution in [0.1, 0.15) is 30.0 Å². The van der Waals surface area contributed by atoms with Gasteiger partial charge in [0.2, 0.25) is 0 Å². The number of hydrogen-bond acceptors (Lipinski definition) is 6. The van der Waals surface area contributed by atoms with Crippen molar-refractivity contribution in [3.63, 3.8) is 0 Å². The van der Waals surface area contributed by atoms with Crippen LogP contribution in [0.4, 0.5) is 5.69 Å². The molecule has 5 rings (SSSR count). The zero-order valence-corrected chi connectivity index (χ0v) is 19.1. The Kier molecular flexibility index (Phi) is 4.04. The van der Waals surface area contributed by atoms with Crippen molar-refractivity contribution in [1.29, 1.82) is 0 Å². The van der Waals surface area contributed by atoms with Crippen LogP contribution < -0.4 is 16.5 Å². The number of hydrogen-bond donors (Lipinski definition) is 2. The van der Waals surface area contributed by atoms with Gasteiger partial charge in [0.25, 0.3) is 5.56 Å². The molecule has 0 unspecified atom stereocenters. The number of carbonyl (C=O) groups excluding carboxylic acids is 1. The highest BCUT2D eigenvalue weighted by Crippen LogP contribution is 2.38. The minimum atomic E-state index is -1.85. The number of nitrogens with two attached hydrogens (primary N) is 1. The summed E-state index contributed by atoms with van der Waals surface area (Å²) in [7, 11) is -1.85. The number of anilines is 1. The molecule has 3 N–H and O–H groups in total. The molecule has 1 aromatic carbocycles. The first-order valence-electron chi connectivity index (χ1n) is 10.5. The number of cyclic esters (lactones) is 1. The van der Waals surface area contributed by atoms with E-state index in [0.29, 0.717) is 29.1 Å². The van der Waals surface area contributed by atoms with Crippen molar-refractivity contribution in [2.24, 2.45) is 0 Å². The Morgan fingerprint density at radius 2 is 1.97 bits per heavy atom. The first-order chi connectivity index (χ1) is 14.6. The van der Waals surface area contributed by atoms with Crippen molar-refractivity contribution in [2.45, 2.75) is 51.7 Å². The number of aromatic nitrogens is 2. The van der Waals surface area contributed by atoms with Crippen LogP contribution in [0.3, 0.4) is 0 Å². The molecule has 0 saturated carbocycles. The predicted molar refractivity (Wildman–Crippen MR) is 122 cm³/mol. The van der Waals surface area contributed by atoms with E-state index in [-0.39, 0.29) is 18.6 Å². The van der Waals surface area contributed by atoms with Gasteiger partial charge in [0.1, 0.15) is 6.61 Å². The number of pyridine rings is 2. The van der Waals surface area contributed by atoms with Crippen LogP contribution in [-0.2, 0) is 28.3 Å². The second-order valence-corrected chi connectivity index (χ2v) is 14.4. The number of esters is 1. The van der Waals surface area contributed by atoms with Crippen LogP contribution in [0.5, 0.6) is 0 Å². The second kappa shape index (κ2) is 6.27. The topological polar surface area (TPSA) is 107 Å². The Morgan fingerprint density at radius 1 is 1.23 bits per heavy atom. The van der Waals surface area contributed by atoms with Gasteiger partial charge in [-0.1, -0.05) is 26.6 Å². The van der Waals surface area contributed by atoms with Gasteiger partial charge in [0.05, 0.1) is 37.1 Å².